The average Bonchev–Trinajstić information content (AvgIpc) is 2.57. The van der Waals surface area contributed by atoms with E-state index in [4.69, 9.17) is 9.47 Å². The van der Waals surface area contributed by atoms with Gasteiger partial charge in [0.2, 0.25) is 5.91 Å². The van der Waals surface area contributed by atoms with Crippen LogP contribution in [0.5, 0.6) is 0 Å². The van der Waals surface area contributed by atoms with Gasteiger partial charge in [0.25, 0.3) is 0 Å². The molecule has 0 aromatic rings. The molecule has 15 heavy (non-hydrogen) atoms. The third-order valence-corrected chi connectivity index (χ3v) is 3.10. The summed E-state index contributed by atoms with van der Waals surface area (Å²) in [6.45, 7) is 3.31. The largest absolute Gasteiger partial charge is 0.383 e. The van der Waals surface area contributed by atoms with Gasteiger partial charge >= 0.3 is 0 Å². The average molecular weight is 214 g/mol. The lowest BCUT2D eigenvalue weighted by Crippen LogP contribution is -2.54. The zero-order valence-electron chi connectivity index (χ0n) is 9.31. The fourth-order valence-electron chi connectivity index (χ4n) is 2.33. The zero-order valence-corrected chi connectivity index (χ0v) is 9.31. The topological polar surface area (TPSA) is 42.0 Å². The number of likely N-dealkylation sites (N-methyl/N-ethyl adjacent to an activating group) is 1. The number of nitrogens with zero attached hydrogens (tertiary/aromatic N) is 2. The van der Waals surface area contributed by atoms with E-state index in [2.05, 4.69) is 11.9 Å². The number of carbonyl (C=O) groups excluding carboxylic acids is 1. The maximum atomic E-state index is 11.7. The molecule has 2 aliphatic heterocycles. The minimum absolute atomic E-state index is 0.0867. The number of fused-ring (bicyclic) bond motifs is 1. The van der Waals surface area contributed by atoms with Gasteiger partial charge in [-0.3, -0.25) is 4.79 Å². The van der Waals surface area contributed by atoms with Crippen molar-refractivity contribution in [3.05, 3.63) is 0 Å². The summed E-state index contributed by atoms with van der Waals surface area (Å²) in [7, 11) is 3.71. The Hall–Kier alpha value is -0.650. The van der Waals surface area contributed by atoms with Crippen LogP contribution in [-0.2, 0) is 14.3 Å². The highest BCUT2D eigenvalue weighted by Gasteiger charge is 2.41. The number of rotatable bonds is 3. The fraction of sp³-hybridized carbons (Fsp3) is 0.900. The van der Waals surface area contributed by atoms with Crippen molar-refractivity contribution in [2.24, 2.45) is 0 Å². The Labute approximate surface area is 89.9 Å². The van der Waals surface area contributed by atoms with Crippen LogP contribution < -0.4 is 0 Å². The first-order chi connectivity index (χ1) is 7.22. The highest BCUT2D eigenvalue weighted by Crippen LogP contribution is 2.22. The second-order valence-corrected chi connectivity index (χ2v) is 4.22. The summed E-state index contributed by atoms with van der Waals surface area (Å²) < 4.78 is 10.5. The Kier molecular flexibility index (Phi) is 3.23. The van der Waals surface area contributed by atoms with Gasteiger partial charge < -0.3 is 19.3 Å². The van der Waals surface area contributed by atoms with Crippen molar-refractivity contribution in [1.29, 1.82) is 0 Å². The molecule has 86 valence electrons. The molecule has 0 N–H and O–H groups in total. The molecular weight excluding hydrogens is 196 g/mol. The van der Waals surface area contributed by atoms with E-state index in [1.807, 2.05) is 4.90 Å². The van der Waals surface area contributed by atoms with E-state index in [-0.39, 0.29) is 24.7 Å². The van der Waals surface area contributed by atoms with Crippen LogP contribution in [0.2, 0.25) is 0 Å². The Morgan fingerprint density at radius 2 is 2.33 bits per heavy atom. The molecule has 0 aromatic carbocycles. The van der Waals surface area contributed by atoms with E-state index in [0.29, 0.717) is 13.2 Å². The van der Waals surface area contributed by atoms with Gasteiger partial charge in [0, 0.05) is 26.7 Å². The van der Waals surface area contributed by atoms with Crippen molar-refractivity contribution < 1.29 is 14.3 Å². The molecule has 2 saturated heterocycles. The van der Waals surface area contributed by atoms with Gasteiger partial charge in [-0.15, -0.1) is 0 Å². The third-order valence-electron chi connectivity index (χ3n) is 3.10. The maximum absolute atomic E-state index is 11.7. The number of methoxy groups -OCH3 is 1. The summed E-state index contributed by atoms with van der Waals surface area (Å²) in [4.78, 5) is 15.8. The molecule has 0 aliphatic carbocycles. The van der Waals surface area contributed by atoms with Gasteiger partial charge in [-0.2, -0.15) is 0 Å². The number of ether oxygens (including phenoxy) is 2. The Bertz CT molecular complexity index is 247. The summed E-state index contributed by atoms with van der Waals surface area (Å²) in [5, 5.41) is 0. The lowest BCUT2D eigenvalue weighted by Gasteiger charge is -2.36. The Balaban J connectivity index is 2.01. The van der Waals surface area contributed by atoms with Crippen molar-refractivity contribution in [2.75, 3.05) is 47.0 Å². The van der Waals surface area contributed by atoms with Crippen LogP contribution in [0.25, 0.3) is 0 Å². The van der Waals surface area contributed by atoms with Crippen LogP contribution in [0.4, 0.5) is 0 Å². The minimum atomic E-state index is 0.0867. The Morgan fingerprint density at radius 1 is 1.53 bits per heavy atom. The highest BCUT2D eigenvalue weighted by atomic mass is 16.5. The number of carbonyl (C=O) groups is 1. The summed E-state index contributed by atoms with van der Waals surface area (Å²) in [5.41, 5.74) is 0. The van der Waals surface area contributed by atoms with Crippen molar-refractivity contribution in [1.82, 2.24) is 9.80 Å². The summed E-state index contributed by atoms with van der Waals surface area (Å²) in [6, 6.07) is 0.214. The molecule has 0 spiro atoms. The molecule has 5 heteroatoms. The quantitative estimate of drug-likeness (QED) is 0.615. The van der Waals surface area contributed by atoms with Gasteiger partial charge in [-0.05, 0) is 7.05 Å². The fourth-order valence-corrected chi connectivity index (χ4v) is 2.33. The number of likely N-dealkylation sites (tertiary alicyclic amines) is 1. The maximum Gasteiger partial charge on any atom is 0.249 e. The van der Waals surface area contributed by atoms with Crippen molar-refractivity contribution >= 4 is 5.91 Å². The predicted octanol–water partition coefficient (Wildman–Crippen LogP) is -0.826. The van der Waals surface area contributed by atoms with Crippen molar-refractivity contribution in [3.8, 4) is 0 Å². The van der Waals surface area contributed by atoms with E-state index in [1.165, 1.54) is 0 Å². The number of hydrogen-bond acceptors (Lipinski definition) is 4. The standard InChI is InChI=1S/C10H18N2O3/c1-11-5-8-9(6-11)15-7-10(13)12(8)3-4-14-2/h8-9H,3-7H2,1-2H3. The molecule has 2 rings (SSSR count). The van der Waals surface area contributed by atoms with E-state index in [1.54, 1.807) is 7.11 Å². The van der Waals surface area contributed by atoms with E-state index in [9.17, 15) is 4.79 Å². The second kappa shape index (κ2) is 4.47. The normalized spacial score (nSPS) is 32.1. The van der Waals surface area contributed by atoms with E-state index < -0.39 is 0 Å². The molecule has 2 atom stereocenters. The monoisotopic (exact) mass is 214 g/mol. The molecule has 2 heterocycles. The van der Waals surface area contributed by atoms with Crippen molar-refractivity contribution in [3.63, 3.8) is 0 Å². The first-order valence-corrected chi connectivity index (χ1v) is 5.31. The third kappa shape index (κ3) is 2.14. The Morgan fingerprint density at radius 3 is 3.07 bits per heavy atom. The molecule has 0 radical (unpaired) electrons. The molecule has 2 unspecified atom stereocenters. The van der Waals surface area contributed by atoms with Crippen LogP contribution >= 0.6 is 0 Å². The first-order valence-electron chi connectivity index (χ1n) is 5.31. The van der Waals surface area contributed by atoms with Gasteiger partial charge in [-0.25, -0.2) is 0 Å². The van der Waals surface area contributed by atoms with Crippen molar-refractivity contribution in [2.45, 2.75) is 12.1 Å². The number of amides is 1. The minimum Gasteiger partial charge on any atom is -0.383 e. The van der Waals surface area contributed by atoms with Crippen LogP contribution in [0.15, 0.2) is 0 Å². The molecule has 2 fully saturated rings. The van der Waals surface area contributed by atoms with Gasteiger partial charge in [0.1, 0.15) is 6.61 Å². The predicted molar refractivity (Wildman–Crippen MR) is 54.6 cm³/mol. The SMILES string of the molecule is COCCN1C(=O)COC2CN(C)CC21. The summed E-state index contributed by atoms with van der Waals surface area (Å²) >= 11 is 0. The zero-order chi connectivity index (χ0) is 10.8. The van der Waals surface area contributed by atoms with Crippen LogP contribution in [0, 0.1) is 0 Å². The van der Waals surface area contributed by atoms with Gasteiger partial charge in [-0.1, -0.05) is 0 Å². The van der Waals surface area contributed by atoms with Crippen LogP contribution in [-0.4, -0.2) is 74.9 Å². The highest BCUT2D eigenvalue weighted by molar-refractivity contribution is 5.78. The summed E-state index contributed by atoms with van der Waals surface area (Å²) in [5.74, 6) is 0.0867. The molecule has 2 aliphatic rings. The molecule has 0 saturated carbocycles. The smallest absolute Gasteiger partial charge is 0.249 e. The number of morpholine rings is 1. The van der Waals surface area contributed by atoms with Gasteiger partial charge in [0.05, 0.1) is 18.8 Å². The molecule has 1 amide bonds. The van der Waals surface area contributed by atoms with E-state index in [0.717, 1.165) is 13.1 Å². The summed E-state index contributed by atoms with van der Waals surface area (Å²) in [6.07, 6.45) is 0.185. The molecule has 5 nitrogen and oxygen atoms in total. The van der Waals surface area contributed by atoms with E-state index >= 15 is 0 Å². The van der Waals surface area contributed by atoms with Crippen LogP contribution in [0.3, 0.4) is 0 Å². The second-order valence-electron chi connectivity index (χ2n) is 4.22. The molecule has 0 bridgehead atoms. The molecular formula is C10H18N2O3. The number of hydrogen-bond donors (Lipinski definition) is 0. The lowest BCUT2D eigenvalue weighted by atomic mass is 10.1. The van der Waals surface area contributed by atoms with Gasteiger partial charge in [0.15, 0.2) is 0 Å². The van der Waals surface area contributed by atoms with Crippen LogP contribution in [0.1, 0.15) is 0 Å². The lowest BCUT2D eigenvalue weighted by molar-refractivity contribution is -0.153. The molecule has 0 aromatic heterocycles. The first kappa shape index (κ1) is 10.9.